The number of anilines is 3. The molecule has 2 rings (SSSR count). The SMILES string of the molecule is CCC(=O)Nc1ccc(NCC(=O)Nc2cccc(OCCOC)c2)cc1. The van der Waals surface area contributed by atoms with Gasteiger partial charge in [-0.3, -0.25) is 9.59 Å². The van der Waals surface area contributed by atoms with Crippen LogP contribution in [0, 0.1) is 0 Å². The highest BCUT2D eigenvalue weighted by molar-refractivity contribution is 5.94. The molecule has 0 aliphatic heterocycles. The van der Waals surface area contributed by atoms with Crippen LogP contribution >= 0.6 is 0 Å². The molecule has 0 unspecified atom stereocenters. The highest BCUT2D eigenvalue weighted by Gasteiger charge is 2.04. The molecule has 0 aromatic heterocycles. The van der Waals surface area contributed by atoms with Crippen LogP contribution in [-0.2, 0) is 14.3 Å². The fourth-order valence-corrected chi connectivity index (χ4v) is 2.21. The van der Waals surface area contributed by atoms with E-state index in [1.165, 1.54) is 0 Å². The highest BCUT2D eigenvalue weighted by atomic mass is 16.5. The number of methoxy groups -OCH3 is 1. The molecule has 0 aliphatic carbocycles. The van der Waals surface area contributed by atoms with Gasteiger partial charge in [-0.25, -0.2) is 0 Å². The lowest BCUT2D eigenvalue weighted by Crippen LogP contribution is -2.21. The molecule has 0 fully saturated rings. The van der Waals surface area contributed by atoms with E-state index in [4.69, 9.17) is 9.47 Å². The summed E-state index contributed by atoms with van der Waals surface area (Å²) in [5.74, 6) is 0.457. The standard InChI is InChI=1S/C20H25N3O4/c1-3-19(24)22-16-9-7-15(8-10-16)21-14-20(25)23-17-5-4-6-18(13-17)27-12-11-26-2/h4-10,13,21H,3,11-12,14H2,1-2H3,(H,22,24)(H,23,25). The number of nitrogens with one attached hydrogen (secondary N) is 3. The van der Waals surface area contributed by atoms with Gasteiger partial charge in [-0.05, 0) is 36.4 Å². The number of amides is 2. The molecule has 3 N–H and O–H groups in total. The van der Waals surface area contributed by atoms with Crippen molar-refractivity contribution in [1.82, 2.24) is 0 Å². The zero-order valence-corrected chi connectivity index (χ0v) is 15.6. The van der Waals surface area contributed by atoms with E-state index in [1.807, 2.05) is 24.3 Å². The molecule has 0 atom stereocenters. The van der Waals surface area contributed by atoms with Crippen molar-refractivity contribution in [3.05, 3.63) is 48.5 Å². The van der Waals surface area contributed by atoms with Gasteiger partial charge >= 0.3 is 0 Å². The Kier molecular flexibility index (Phi) is 8.12. The normalized spacial score (nSPS) is 10.1. The third-order valence-electron chi connectivity index (χ3n) is 3.62. The van der Waals surface area contributed by atoms with E-state index in [1.54, 1.807) is 38.3 Å². The van der Waals surface area contributed by atoms with Crippen molar-refractivity contribution in [2.75, 3.05) is 42.8 Å². The Hall–Kier alpha value is -3.06. The van der Waals surface area contributed by atoms with Crippen molar-refractivity contribution in [2.45, 2.75) is 13.3 Å². The smallest absolute Gasteiger partial charge is 0.243 e. The van der Waals surface area contributed by atoms with Crippen molar-refractivity contribution in [3.8, 4) is 5.75 Å². The number of ether oxygens (including phenoxy) is 2. The number of hydrogen-bond acceptors (Lipinski definition) is 5. The Balaban J connectivity index is 1.80. The summed E-state index contributed by atoms with van der Waals surface area (Å²) in [4.78, 5) is 23.5. The van der Waals surface area contributed by atoms with E-state index in [2.05, 4.69) is 16.0 Å². The highest BCUT2D eigenvalue weighted by Crippen LogP contribution is 2.17. The summed E-state index contributed by atoms with van der Waals surface area (Å²) >= 11 is 0. The molecule has 144 valence electrons. The van der Waals surface area contributed by atoms with E-state index >= 15 is 0 Å². The monoisotopic (exact) mass is 371 g/mol. The average molecular weight is 371 g/mol. The van der Waals surface area contributed by atoms with Gasteiger partial charge in [0.05, 0.1) is 13.2 Å². The van der Waals surface area contributed by atoms with Gasteiger partial charge in [0.2, 0.25) is 11.8 Å². The summed E-state index contributed by atoms with van der Waals surface area (Å²) in [7, 11) is 1.61. The zero-order valence-electron chi connectivity index (χ0n) is 15.6. The van der Waals surface area contributed by atoms with Crippen LogP contribution in [0.25, 0.3) is 0 Å². The number of carbonyl (C=O) groups excluding carboxylic acids is 2. The molecule has 0 radical (unpaired) electrons. The van der Waals surface area contributed by atoms with Gasteiger partial charge in [-0.15, -0.1) is 0 Å². The van der Waals surface area contributed by atoms with Crippen LogP contribution in [0.4, 0.5) is 17.1 Å². The second-order valence-corrected chi connectivity index (χ2v) is 5.75. The molecule has 0 saturated heterocycles. The maximum absolute atomic E-state index is 12.1. The first-order valence-electron chi connectivity index (χ1n) is 8.76. The van der Waals surface area contributed by atoms with E-state index in [0.717, 1.165) is 11.4 Å². The minimum atomic E-state index is -0.174. The van der Waals surface area contributed by atoms with Crippen LogP contribution in [0.1, 0.15) is 13.3 Å². The molecule has 0 spiro atoms. The Labute approximate surface area is 159 Å². The van der Waals surface area contributed by atoms with Crippen LogP contribution in [0.15, 0.2) is 48.5 Å². The van der Waals surface area contributed by atoms with Crippen molar-refractivity contribution >= 4 is 28.9 Å². The Morgan fingerprint density at radius 2 is 1.59 bits per heavy atom. The molecule has 2 amide bonds. The summed E-state index contributed by atoms with van der Waals surface area (Å²) in [6, 6.07) is 14.4. The van der Waals surface area contributed by atoms with Crippen LogP contribution in [0.5, 0.6) is 5.75 Å². The molecule has 27 heavy (non-hydrogen) atoms. The molecule has 7 nitrogen and oxygen atoms in total. The first-order chi connectivity index (χ1) is 13.1. The summed E-state index contributed by atoms with van der Waals surface area (Å²) in [6.07, 6.45) is 0.429. The van der Waals surface area contributed by atoms with E-state index in [0.29, 0.717) is 31.1 Å². The predicted molar refractivity (Wildman–Crippen MR) is 106 cm³/mol. The first kappa shape index (κ1) is 20.3. The average Bonchev–Trinajstić information content (AvgIpc) is 2.68. The zero-order chi connectivity index (χ0) is 19.5. The van der Waals surface area contributed by atoms with Crippen molar-refractivity contribution in [3.63, 3.8) is 0 Å². The molecule has 0 heterocycles. The van der Waals surface area contributed by atoms with Crippen molar-refractivity contribution < 1.29 is 19.1 Å². The largest absolute Gasteiger partial charge is 0.491 e. The van der Waals surface area contributed by atoms with Gasteiger partial charge in [0.25, 0.3) is 0 Å². The van der Waals surface area contributed by atoms with Gasteiger partial charge in [0, 0.05) is 36.7 Å². The lowest BCUT2D eigenvalue weighted by Gasteiger charge is -2.10. The quantitative estimate of drug-likeness (QED) is 0.559. The first-order valence-corrected chi connectivity index (χ1v) is 8.76. The fraction of sp³-hybridized carbons (Fsp3) is 0.300. The van der Waals surface area contributed by atoms with Crippen LogP contribution in [0.3, 0.4) is 0 Å². The number of hydrogen-bond donors (Lipinski definition) is 3. The molecule has 2 aromatic rings. The molecule has 7 heteroatoms. The predicted octanol–water partition coefficient (Wildman–Crippen LogP) is 3.11. The molecular formula is C20H25N3O4. The summed E-state index contributed by atoms with van der Waals surface area (Å²) in [6.45, 7) is 2.87. The Morgan fingerprint density at radius 3 is 2.30 bits per heavy atom. The van der Waals surface area contributed by atoms with E-state index in [9.17, 15) is 9.59 Å². The van der Waals surface area contributed by atoms with Crippen LogP contribution < -0.4 is 20.7 Å². The van der Waals surface area contributed by atoms with Crippen LogP contribution in [0.2, 0.25) is 0 Å². The number of rotatable bonds is 10. The topological polar surface area (TPSA) is 88.7 Å². The third kappa shape index (κ3) is 7.37. The van der Waals surface area contributed by atoms with Crippen LogP contribution in [-0.4, -0.2) is 38.7 Å². The third-order valence-corrected chi connectivity index (χ3v) is 3.62. The van der Waals surface area contributed by atoms with Gasteiger partial charge in [-0.2, -0.15) is 0 Å². The minimum absolute atomic E-state index is 0.0384. The number of benzene rings is 2. The molecular weight excluding hydrogens is 346 g/mol. The lowest BCUT2D eigenvalue weighted by molar-refractivity contribution is -0.116. The molecule has 0 bridgehead atoms. The van der Waals surface area contributed by atoms with Crippen molar-refractivity contribution in [1.29, 1.82) is 0 Å². The molecule has 2 aromatic carbocycles. The van der Waals surface area contributed by atoms with Gasteiger partial charge in [0.1, 0.15) is 12.4 Å². The van der Waals surface area contributed by atoms with Crippen molar-refractivity contribution in [2.24, 2.45) is 0 Å². The fourth-order valence-electron chi connectivity index (χ4n) is 2.21. The number of carbonyl (C=O) groups is 2. The van der Waals surface area contributed by atoms with Gasteiger partial charge < -0.3 is 25.4 Å². The maximum Gasteiger partial charge on any atom is 0.243 e. The van der Waals surface area contributed by atoms with E-state index in [-0.39, 0.29) is 18.4 Å². The maximum atomic E-state index is 12.1. The van der Waals surface area contributed by atoms with E-state index < -0.39 is 0 Å². The Morgan fingerprint density at radius 1 is 0.889 bits per heavy atom. The minimum Gasteiger partial charge on any atom is -0.491 e. The Bertz CT molecular complexity index is 747. The molecule has 0 aliphatic rings. The van der Waals surface area contributed by atoms with Gasteiger partial charge in [0.15, 0.2) is 0 Å². The summed E-state index contributed by atoms with van der Waals surface area (Å²) in [5.41, 5.74) is 2.17. The van der Waals surface area contributed by atoms with Gasteiger partial charge in [-0.1, -0.05) is 13.0 Å². The lowest BCUT2D eigenvalue weighted by atomic mass is 10.2. The summed E-state index contributed by atoms with van der Waals surface area (Å²) < 4.78 is 10.5. The second kappa shape index (κ2) is 10.8. The molecule has 0 saturated carbocycles. The second-order valence-electron chi connectivity index (χ2n) is 5.75. The summed E-state index contributed by atoms with van der Waals surface area (Å²) in [5, 5.41) is 8.64.